The van der Waals surface area contributed by atoms with Gasteiger partial charge in [0.2, 0.25) is 11.8 Å². The molecule has 29 heteroatoms. The van der Waals surface area contributed by atoms with Crippen LogP contribution in [0, 0.1) is 16.2 Å². The molecule has 0 bridgehead atoms. The molecular formula is C43H66N7O19P3. The van der Waals surface area contributed by atoms with E-state index in [1.54, 1.807) is 13.8 Å². The molecule has 2 aromatic heterocycles. The molecule has 26 nitrogen and oxygen atoms in total. The van der Waals surface area contributed by atoms with Gasteiger partial charge in [0, 0.05) is 36.8 Å². The first-order valence-electron chi connectivity index (χ1n) is 23.3. The smallest absolute Gasteiger partial charge is 0.481 e. The number of carbonyl (C=O) groups excluding carboxylic acids is 3. The van der Waals surface area contributed by atoms with Crippen molar-refractivity contribution in [3.05, 3.63) is 48.0 Å². The van der Waals surface area contributed by atoms with Crippen LogP contribution in [0.25, 0.3) is 11.2 Å². The van der Waals surface area contributed by atoms with Crippen LogP contribution in [0.2, 0.25) is 0 Å². The van der Waals surface area contributed by atoms with Gasteiger partial charge in [-0.3, -0.25) is 37.3 Å². The molecule has 72 heavy (non-hydrogen) atoms. The Morgan fingerprint density at radius 2 is 1.50 bits per heavy atom. The number of aliphatic hydroxyl groups excluding tert-OH is 2. The van der Waals surface area contributed by atoms with Crippen LogP contribution in [-0.2, 0) is 68.3 Å². The fourth-order valence-electron chi connectivity index (χ4n) is 8.01. The van der Waals surface area contributed by atoms with Crippen LogP contribution in [-0.4, -0.2) is 129 Å². The minimum atomic E-state index is -5.60. The van der Waals surface area contributed by atoms with Crippen LogP contribution in [0.5, 0.6) is 0 Å². The highest BCUT2D eigenvalue weighted by Crippen LogP contribution is 2.61. The molecule has 7 atom stereocenters. The van der Waals surface area contributed by atoms with Crippen molar-refractivity contribution in [3.8, 4) is 0 Å². The zero-order valence-corrected chi connectivity index (χ0v) is 43.1. The lowest BCUT2D eigenvalue weighted by molar-refractivity contribution is -0.147. The number of carboxylic acids is 1. The van der Waals surface area contributed by atoms with E-state index in [-0.39, 0.29) is 54.1 Å². The quantitative estimate of drug-likeness (QED) is 0.0326. The molecule has 1 aromatic carbocycles. The summed E-state index contributed by atoms with van der Waals surface area (Å²) < 4.78 is 62.6. The molecule has 402 valence electrons. The molecule has 3 heterocycles. The average Bonchev–Trinajstić information content (AvgIpc) is 3.87. The standard InChI is InChI=1S/C43H66N7O19P3/c1-41(2,40(56)57)17-7-5-9-27-11-13-28(14-12-27)10-6-8-18-43(19-20-43)30(51)15-21-45-31(52)16-22-46-38(55)35(54)42(3,4)24-66-72(63,64)69-71(61,62)65-23-29-34(68-70(58,59)60)33(53)39(67-29)50-26-49-32-36(44)47-25-48-37(32)50/h11-14,25-26,29,33-35,39,53-54H,5-10,15-24H2,1-4H3,(H,45,52)(H,46,55)(H,56,57)(H,61,62)(H,63,64)(H2,44,47,48)(H2,58,59,60). The number of rotatable bonds is 31. The number of amides is 2. The van der Waals surface area contributed by atoms with Gasteiger partial charge in [-0.15, -0.1) is 0 Å². The number of nitrogens with zero attached hydrogens (tertiary/aromatic N) is 4. The Bertz CT molecular complexity index is 2520. The molecule has 5 rings (SSSR count). The molecule has 1 aliphatic carbocycles. The average molecular weight is 1080 g/mol. The predicted molar refractivity (Wildman–Crippen MR) is 254 cm³/mol. The summed E-state index contributed by atoms with van der Waals surface area (Å²) in [6.07, 6.45) is 1.52. The van der Waals surface area contributed by atoms with E-state index < -0.39 is 95.9 Å². The Kier molecular flexibility index (Phi) is 20.0. The van der Waals surface area contributed by atoms with Gasteiger partial charge in [-0.1, -0.05) is 51.0 Å². The van der Waals surface area contributed by atoms with E-state index in [1.807, 2.05) is 0 Å². The third kappa shape index (κ3) is 17.0. The number of nitrogens with one attached hydrogen (secondary N) is 2. The summed E-state index contributed by atoms with van der Waals surface area (Å²) in [7, 11) is -16.5. The van der Waals surface area contributed by atoms with E-state index in [0.29, 0.717) is 6.42 Å². The summed E-state index contributed by atoms with van der Waals surface area (Å²) in [6.45, 7) is 3.85. The van der Waals surface area contributed by atoms with E-state index in [2.05, 4.69) is 58.7 Å². The number of aliphatic hydroxyl groups is 2. The number of benzene rings is 1. The van der Waals surface area contributed by atoms with Crippen LogP contribution >= 0.6 is 23.5 Å². The first kappa shape index (κ1) is 58.8. The number of fused-ring (bicyclic) bond motifs is 1. The summed E-state index contributed by atoms with van der Waals surface area (Å²) in [4.78, 5) is 101. The van der Waals surface area contributed by atoms with Crippen molar-refractivity contribution >= 4 is 64.0 Å². The van der Waals surface area contributed by atoms with E-state index in [1.165, 1.54) is 25.0 Å². The zero-order valence-electron chi connectivity index (χ0n) is 40.4. The highest BCUT2D eigenvalue weighted by atomic mass is 31.3. The molecule has 0 spiro atoms. The van der Waals surface area contributed by atoms with E-state index >= 15 is 0 Å². The van der Waals surface area contributed by atoms with Gasteiger partial charge in [0.25, 0.3) is 0 Å². The molecule has 7 unspecified atom stereocenters. The van der Waals surface area contributed by atoms with Crippen molar-refractivity contribution in [3.63, 3.8) is 0 Å². The van der Waals surface area contributed by atoms with E-state index in [9.17, 15) is 67.8 Å². The fraction of sp³-hybridized carbons (Fsp3) is 0.651. The first-order valence-corrected chi connectivity index (χ1v) is 27.8. The van der Waals surface area contributed by atoms with Crippen LogP contribution in [0.1, 0.15) is 109 Å². The molecule has 3 aromatic rings. The maximum atomic E-state index is 13.1. The molecular weight excluding hydrogens is 1010 g/mol. The number of aryl methyl sites for hydroxylation is 2. The highest BCUT2D eigenvalue weighted by molar-refractivity contribution is 7.61. The Hall–Kier alpha value is -4.10. The van der Waals surface area contributed by atoms with Gasteiger partial charge in [-0.05, 0) is 76.3 Å². The van der Waals surface area contributed by atoms with E-state index in [4.69, 9.17) is 19.5 Å². The van der Waals surface area contributed by atoms with Gasteiger partial charge >= 0.3 is 29.4 Å². The van der Waals surface area contributed by atoms with Crippen molar-refractivity contribution < 1.29 is 90.4 Å². The lowest BCUT2D eigenvalue weighted by Gasteiger charge is -2.30. The lowest BCUT2D eigenvalue weighted by atomic mass is 9.87. The summed E-state index contributed by atoms with van der Waals surface area (Å²) in [6, 6.07) is 8.46. The third-order valence-corrected chi connectivity index (χ3v) is 15.8. The number of aliphatic carboxylic acids is 1. The van der Waals surface area contributed by atoms with Gasteiger partial charge < -0.3 is 56.0 Å². The molecule has 2 fully saturated rings. The molecule has 2 aliphatic rings. The largest absolute Gasteiger partial charge is 0.481 e. The molecule has 11 N–H and O–H groups in total. The number of imidazole rings is 1. The van der Waals surface area contributed by atoms with Crippen molar-refractivity contribution in [1.82, 2.24) is 30.2 Å². The van der Waals surface area contributed by atoms with Crippen LogP contribution in [0.15, 0.2) is 36.9 Å². The Morgan fingerprint density at radius 1 is 0.889 bits per heavy atom. The summed E-state index contributed by atoms with van der Waals surface area (Å²) in [5.74, 6) is -2.18. The van der Waals surface area contributed by atoms with Gasteiger partial charge in [0.05, 0.1) is 25.0 Å². The van der Waals surface area contributed by atoms with Crippen molar-refractivity contribution in [1.29, 1.82) is 0 Å². The number of nitrogens with two attached hydrogens (primary N) is 1. The van der Waals surface area contributed by atoms with E-state index in [0.717, 1.165) is 75.0 Å². The minimum Gasteiger partial charge on any atom is -0.481 e. The zero-order chi connectivity index (χ0) is 53.3. The number of carboxylic acid groups (broad SMARTS) is 1. The number of aromatic nitrogens is 4. The first-order chi connectivity index (χ1) is 33.5. The minimum absolute atomic E-state index is 0.0259. The summed E-state index contributed by atoms with van der Waals surface area (Å²) in [5, 5.41) is 36.0. The number of carbonyl (C=O) groups is 4. The van der Waals surface area contributed by atoms with Gasteiger partial charge in [-0.2, -0.15) is 4.31 Å². The Morgan fingerprint density at radius 3 is 2.11 bits per heavy atom. The fourth-order valence-corrected chi connectivity index (χ4v) is 10.8. The number of ketones is 1. The highest BCUT2D eigenvalue weighted by Gasteiger charge is 2.51. The lowest BCUT2D eigenvalue weighted by Crippen LogP contribution is -2.46. The molecule has 2 amide bonds. The Balaban J connectivity index is 0.966. The number of phosphoric acid groups is 3. The maximum absolute atomic E-state index is 13.1. The summed E-state index contributed by atoms with van der Waals surface area (Å²) in [5.41, 5.74) is 5.60. The monoisotopic (exact) mass is 1080 g/mol. The second-order valence-corrected chi connectivity index (χ2v) is 23.7. The number of Topliss-reactive ketones (excluding diaryl/α,β-unsaturated/α-hetero) is 1. The normalized spacial score (nSPS) is 21.1. The van der Waals surface area contributed by atoms with Gasteiger partial charge in [-0.25, -0.2) is 28.6 Å². The van der Waals surface area contributed by atoms with Crippen molar-refractivity contribution in [2.24, 2.45) is 16.2 Å². The second kappa shape index (κ2) is 24.5. The third-order valence-electron chi connectivity index (χ3n) is 12.7. The maximum Gasteiger partial charge on any atom is 0.481 e. The van der Waals surface area contributed by atoms with Gasteiger partial charge in [0.15, 0.2) is 17.7 Å². The Labute approximate surface area is 415 Å². The number of phosphoric ester groups is 3. The number of anilines is 1. The van der Waals surface area contributed by atoms with Crippen LogP contribution in [0.3, 0.4) is 0 Å². The molecule has 1 aliphatic heterocycles. The number of ether oxygens (including phenoxy) is 1. The van der Waals surface area contributed by atoms with Crippen molar-refractivity contribution in [2.75, 3.05) is 32.0 Å². The van der Waals surface area contributed by atoms with Crippen LogP contribution in [0.4, 0.5) is 5.82 Å². The number of hydrogen-bond acceptors (Lipinski definition) is 18. The molecule has 1 saturated carbocycles. The summed E-state index contributed by atoms with van der Waals surface area (Å²) >= 11 is 0. The van der Waals surface area contributed by atoms with Crippen molar-refractivity contribution in [2.45, 2.75) is 135 Å². The SMILES string of the molecule is CC(C)(CCCCc1ccc(CCCCC2(C(=O)CCNC(=O)CCNC(=O)C(O)C(C)(C)COP(=O)(O)OP(=O)(O)OCC3OC(n4cnc5c(N)ncnc54)C(O)C3OP(=O)(O)O)CC2)cc1)C(=O)O. The number of nitrogen functional groups attached to an aromatic ring is 1. The number of unbranched alkanes of at least 4 members (excludes halogenated alkanes) is 2. The topological polar surface area (TPSA) is 401 Å². The molecule has 0 radical (unpaired) electrons. The number of hydrogen-bond donors (Lipinski definition) is 10. The molecule has 1 saturated heterocycles. The second-order valence-electron chi connectivity index (χ2n) is 19.4. The predicted octanol–water partition coefficient (Wildman–Crippen LogP) is 3.38. The van der Waals surface area contributed by atoms with Gasteiger partial charge in [0.1, 0.15) is 42.0 Å². The van der Waals surface area contributed by atoms with Crippen LogP contribution < -0.4 is 16.4 Å².